The molecule has 0 aromatic heterocycles. The van der Waals surface area contributed by atoms with E-state index < -0.39 is 5.97 Å². The number of amides is 1. The summed E-state index contributed by atoms with van der Waals surface area (Å²) >= 11 is 3.32. The summed E-state index contributed by atoms with van der Waals surface area (Å²) < 4.78 is 0.733. The van der Waals surface area contributed by atoms with Crippen LogP contribution in [0.25, 0.3) is 0 Å². The van der Waals surface area contributed by atoms with Crippen LogP contribution in [0.1, 0.15) is 29.3 Å². The van der Waals surface area contributed by atoms with Crippen molar-refractivity contribution in [2.75, 3.05) is 6.54 Å². The van der Waals surface area contributed by atoms with Gasteiger partial charge in [0, 0.05) is 17.4 Å². The van der Waals surface area contributed by atoms with Crippen LogP contribution in [0.2, 0.25) is 0 Å². The lowest BCUT2D eigenvalue weighted by atomic mass is 10.1. The molecule has 5 heteroatoms. The van der Waals surface area contributed by atoms with Gasteiger partial charge < -0.3 is 10.4 Å². The van der Waals surface area contributed by atoms with Gasteiger partial charge in [-0.15, -0.1) is 0 Å². The third-order valence-electron chi connectivity index (χ3n) is 2.50. The smallest absolute Gasteiger partial charge is 0.303 e. The first kappa shape index (κ1) is 14.7. The molecule has 1 atom stereocenters. The zero-order valence-corrected chi connectivity index (χ0v) is 12.0. The standard InChI is InChI=1S/C13H16BrNO3/c1-8-3-4-11(14)10(5-8)13(18)15-7-9(2)6-12(16)17/h3-5,9H,6-7H2,1-2H3,(H,15,18)(H,16,17). The van der Waals surface area contributed by atoms with Gasteiger partial charge in [-0.25, -0.2) is 0 Å². The van der Waals surface area contributed by atoms with Gasteiger partial charge in [-0.2, -0.15) is 0 Å². The quantitative estimate of drug-likeness (QED) is 0.878. The maximum atomic E-state index is 11.9. The van der Waals surface area contributed by atoms with Crippen LogP contribution in [0.4, 0.5) is 0 Å². The molecule has 98 valence electrons. The van der Waals surface area contributed by atoms with Crippen molar-refractivity contribution in [3.63, 3.8) is 0 Å². The summed E-state index contributed by atoms with van der Waals surface area (Å²) in [6, 6.07) is 5.53. The van der Waals surface area contributed by atoms with Crippen LogP contribution in [0.5, 0.6) is 0 Å². The number of hydrogen-bond acceptors (Lipinski definition) is 2. The van der Waals surface area contributed by atoms with Gasteiger partial charge in [0.25, 0.3) is 5.91 Å². The highest BCUT2D eigenvalue weighted by atomic mass is 79.9. The number of aliphatic carboxylic acids is 1. The van der Waals surface area contributed by atoms with Crippen molar-refractivity contribution in [2.45, 2.75) is 20.3 Å². The Balaban J connectivity index is 2.60. The van der Waals surface area contributed by atoms with Gasteiger partial charge in [-0.3, -0.25) is 9.59 Å². The number of aryl methyl sites for hydroxylation is 1. The van der Waals surface area contributed by atoms with E-state index in [1.54, 1.807) is 13.0 Å². The van der Waals surface area contributed by atoms with E-state index in [1.165, 1.54) is 0 Å². The molecule has 0 heterocycles. The highest BCUT2D eigenvalue weighted by molar-refractivity contribution is 9.10. The van der Waals surface area contributed by atoms with Crippen molar-refractivity contribution in [1.29, 1.82) is 0 Å². The number of rotatable bonds is 5. The lowest BCUT2D eigenvalue weighted by Crippen LogP contribution is -2.29. The molecule has 1 amide bonds. The Morgan fingerprint density at radius 1 is 1.44 bits per heavy atom. The Morgan fingerprint density at radius 2 is 2.11 bits per heavy atom. The number of benzene rings is 1. The summed E-state index contributed by atoms with van der Waals surface area (Å²) in [6.07, 6.45) is 0.0509. The molecular weight excluding hydrogens is 298 g/mol. The van der Waals surface area contributed by atoms with E-state index in [2.05, 4.69) is 21.2 Å². The van der Waals surface area contributed by atoms with Gasteiger partial charge in [0.15, 0.2) is 0 Å². The molecule has 0 spiro atoms. The summed E-state index contributed by atoms with van der Waals surface area (Å²) in [4.78, 5) is 22.4. The second kappa shape index (κ2) is 6.54. The SMILES string of the molecule is Cc1ccc(Br)c(C(=O)NCC(C)CC(=O)O)c1. The molecule has 0 fully saturated rings. The molecule has 1 aromatic rings. The molecule has 1 rings (SSSR count). The molecule has 0 bridgehead atoms. The number of nitrogens with one attached hydrogen (secondary N) is 1. The van der Waals surface area contributed by atoms with Crippen molar-refractivity contribution >= 4 is 27.8 Å². The molecule has 18 heavy (non-hydrogen) atoms. The van der Waals surface area contributed by atoms with Crippen molar-refractivity contribution in [3.05, 3.63) is 33.8 Å². The van der Waals surface area contributed by atoms with Gasteiger partial charge in [0.05, 0.1) is 5.56 Å². The number of hydrogen-bond donors (Lipinski definition) is 2. The van der Waals surface area contributed by atoms with Gasteiger partial charge in [0.1, 0.15) is 0 Å². The first-order chi connectivity index (χ1) is 8.40. The second-order valence-electron chi connectivity index (χ2n) is 4.40. The summed E-state index contributed by atoms with van der Waals surface area (Å²) in [5.74, 6) is -1.13. The molecule has 4 nitrogen and oxygen atoms in total. The number of carbonyl (C=O) groups excluding carboxylic acids is 1. The average molecular weight is 314 g/mol. The Bertz CT molecular complexity index is 460. The summed E-state index contributed by atoms with van der Waals surface area (Å²) in [6.45, 7) is 4.06. The molecule has 0 aliphatic rings. The Morgan fingerprint density at radius 3 is 2.72 bits per heavy atom. The fourth-order valence-electron chi connectivity index (χ4n) is 1.55. The van der Waals surface area contributed by atoms with Crippen LogP contribution >= 0.6 is 15.9 Å². The number of halogens is 1. The van der Waals surface area contributed by atoms with E-state index >= 15 is 0 Å². The average Bonchev–Trinajstić information content (AvgIpc) is 2.28. The normalized spacial score (nSPS) is 11.9. The highest BCUT2D eigenvalue weighted by Gasteiger charge is 2.12. The minimum absolute atomic E-state index is 0.0509. The van der Waals surface area contributed by atoms with Crippen LogP contribution in [0.15, 0.2) is 22.7 Å². The predicted molar refractivity (Wildman–Crippen MR) is 72.6 cm³/mol. The molecule has 0 aliphatic heterocycles. The maximum absolute atomic E-state index is 11.9. The van der Waals surface area contributed by atoms with Gasteiger partial charge >= 0.3 is 5.97 Å². The Kier molecular flexibility index (Phi) is 5.34. The summed E-state index contributed by atoms with van der Waals surface area (Å²) in [5.41, 5.74) is 1.57. The third kappa shape index (κ3) is 4.49. The zero-order valence-electron chi connectivity index (χ0n) is 10.4. The lowest BCUT2D eigenvalue weighted by Gasteiger charge is -2.11. The van der Waals surface area contributed by atoms with Crippen LogP contribution in [0, 0.1) is 12.8 Å². The number of carboxylic acid groups (broad SMARTS) is 1. The fraction of sp³-hybridized carbons (Fsp3) is 0.385. The Hall–Kier alpha value is -1.36. The topological polar surface area (TPSA) is 66.4 Å². The lowest BCUT2D eigenvalue weighted by molar-refractivity contribution is -0.137. The monoisotopic (exact) mass is 313 g/mol. The van der Waals surface area contributed by atoms with Crippen LogP contribution in [0.3, 0.4) is 0 Å². The molecular formula is C13H16BrNO3. The molecule has 0 radical (unpaired) electrons. The highest BCUT2D eigenvalue weighted by Crippen LogP contribution is 2.18. The van der Waals surface area contributed by atoms with E-state index in [9.17, 15) is 9.59 Å². The van der Waals surface area contributed by atoms with Crippen molar-refractivity contribution in [1.82, 2.24) is 5.32 Å². The molecule has 0 saturated heterocycles. The van der Waals surface area contributed by atoms with E-state index in [1.807, 2.05) is 19.1 Å². The number of carboxylic acids is 1. The first-order valence-corrected chi connectivity index (χ1v) is 6.45. The van der Waals surface area contributed by atoms with Crippen LogP contribution < -0.4 is 5.32 Å². The zero-order chi connectivity index (χ0) is 13.7. The molecule has 1 aromatic carbocycles. The minimum Gasteiger partial charge on any atom is -0.481 e. The Labute approximate surface area is 115 Å². The van der Waals surface area contributed by atoms with Crippen molar-refractivity contribution in [3.8, 4) is 0 Å². The van der Waals surface area contributed by atoms with E-state index in [4.69, 9.17) is 5.11 Å². The number of carbonyl (C=O) groups is 2. The predicted octanol–water partition coefficient (Wildman–Crippen LogP) is 2.60. The van der Waals surface area contributed by atoms with Gasteiger partial charge in [-0.1, -0.05) is 18.6 Å². The van der Waals surface area contributed by atoms with E-state index in [0.717, 1.165) is 10.0 Å². The summed E-state index contributed by atoms with van der Waals surface area (Å²) in [7, 11) is 0. The summed E-state index contributed by atoms with van der Waals surface area (Å²) in [5, 5.41) is 11.4. The fourth-order valence-corrected chi connectivity index (χ4v) is 1.97. The first-order valence-electron chi connectivity index (χ1n) is 5.66. The van der Waals surface area contributed by atoms with Crippen molar-refractivity contribution < 1.29 is 14.7 Å². The van der Waals surface area contributed by atoms with Crippen LogP contribution in [-0.2, 0) is 4.79 Å². The van der Waals surface area contributed by atoms with E-state index in [-0.39, 0.29) is 18.2 Å². The van der Waals surface area contributed by atoms with E-state index in [0.29, 0.717) is 12.1 Å². The maximum Gasteiger partial charge on any atom is 0.303 e. The minimum atomic E-state index is -0.853. The van der Waals surface area contributed by atoms with Gasteiger partial charge in [0.2, 0.25) is 0 Å². The largest absolute Gasteiger partial charge is 0.481 e. The molecule has 0 saturated carbocycles. The van der Waals surface area contributed by atoms with Gasteiger partial charge in [-0.05, 0) is 40.9 Å². The van der Waals surface area contributed by atoms with Crippen molar-refractivity contribution in [2.24, 2.45) is 5.92 Å². The second-order valence-corrected chi connectivity index (χ2v) is 5.25. The molecule has 0 aliphatic carbocycles. The third-order valence-corrected chi connectivity index (χ3v) is 3.19. The molecule has 1 unspecified atom stereocenters. The van der Waals surface area contributed by atoms with Crippen LogP contribution in [-0.4, -0.2) is 23.5 Å². The molecule has 2 N–H and O–H groups in total.